The van der Waals surface area contributed by atoms with Crippen LogP contribution in [0.2, 0.25) is 0 Å². The fraction of sp³-hybridized carbons (Fsp3) is 1.00. The Kier molecular flexibility index (Phi) is 7.90. The SMILES string of the molecule is COCCN(CCCN)S(=O)(=O)CC1CCCCC1. The van der Waals surface area contributed by atoms with Crippen LogP contribution in [0.25, 0.3) is 0 Å². The van der Waals surface area contributed by atoms with Crippen LogP contribution in [0.15, 0.2) is 0 Å². The van der Waals surface area contributed by atoms with E-state index in [0.29, 0.717) is 44.3 Å². The zero-order valence-electron chi connectivity index (χ0n) is 12.0. The number of nitrogens with two attached hydrogens (primary N) is 1. The van der Waals surface area contributed by atoms with Crippen molar-refractivity contribution in [2.45, 2.75) is 38.5 Å². The lowest BCUT2D eigenvalue weighted by atomic mass is 9.91. The number of hydrogen-bond donors (Lipinski definition) is 1. The van der Waals surface area contributed by atoms with Gasteiger partial charge in [0, 0.05) is 20.2 Å². The standard InChI is InChI=1S/C13H28N2O3S/c1-18-11-10-15(9-5-8-14)19(16,17)12-13-6-3-2-4-7-13/h13H,2-12,14H2,1H3. The maximum Gasteiger partial charge on any atom is 0.214 e. The lowest BCUT2D eigenvalue weighted by molar-refractivity contribution is 0.178. The molecule has 0 saturated heterocycles. The van der Waals surface area contributed by atoms with Crippen LogP contribution < -0.4 is 5.73 Å². The summed E-state index contributed by atoms with van der Waals surface area (Å²) in [5.41, 5.74) is 5.48. The molecule has 1 fully saturated rings. The van der Waals surface area contributed by atoms with Crippen molar-refractivity contribution in [3.05, 3.63) is 0 Å². The first kappa shape index (κ1) is 16.9. The first-order valence-corrected chi connectivity index (χ1v) is 8.88. The molecule has 1 aliphatic carbocycles. The van der Waals surface area contributed by atoms with Gasteiger partial charge in [-0.2, -0.15) is 4.31 Å². The van der Waals surface area contributed by atoms with Crippen LogP contribution in [-0.4, -0.2) is 51.8 Å². The molecular weight excluding hydrogens is 264 g/mol. The van der Waals surface area contributed by atoms with Crippen LogP contribution in [0.4, 0.5) is 0 Å². The van der Waals surface area contributed by atoms with Crippen molar-refractivity contribution in [2.75, 3.05) is 39.1 Å². The molecule has 5 nitrogen and oxygen atoms in total. The third-order valence-electron chi connectivity index (χ3n) is 3.72. The van der Waals surface area contributed by atoms with E-state index in [-0.39, 0.29) is 0 Å². The molecule has 2 N–H and O–H groups in total. The number of nitrogens with zero attached hydrogens (tertiary/aromatic N) is 1. The Bertz CT molecular complexity index is 319. The predicted molar refractivity (Wildman–Crippen MR) is 77.5 cm³/mol. The van der Waals surface area contributed by atoms with E-state index in [0.717, 1.165) is 12.8 Å². The number of hydrogen-bond acceptors (Lipinski definition) is 4. The molecule has 19 heavy (non-hydrogen) atoms. The molecule has 0 radical (unpaired) electrons. The highest BCUT2D eigenvalue weighted by Crippen LogP contribution is 2.25. The maximum atomic E-state index is 12.4. The molecule has 114 valence electrons. The highest BCUT2D eigenvalue weighted by molar-refractivity contribution is 7.89. The van der Waals surface area contributed by atoms with E-state index in [4.69, 9.17) is 10.5 Å². The van der Waals surface area contributed by atoms with Crippen molar-refractivity contribution in [2.24, 2.45) is 11.7 Å². The molecule has 0 bridgehead atoms. The van der Waals surface area contributed by atoms with Crippen LogP contribution in [-0.2, 0) is 14.8 Å². The second-order valence-corrected chi connectivity index (χ2v) is 7.33. The van der Waals surface area contributed by atoms with Crippen LogP contribution in [0.1, 0.15) is 38.5 Å². The molecule has 1 rings (SSSR count). The lowest BCUT2D eigenvalue weighted by Gasteiger charge is -2.26. The summed E-state index contributed by atoms with van der Waals surface area (Å²) in [5, 5.41) is 0. The topological polar surface area (TPSA) is 72.6 Å². The van der Waals surface area contributed by atoms with Gasteiger partial charge in [0.2, 0.25) is 10.0 Å². The highest BCUT2D eigenvalue weighted by atomic mass is 32.2. The number of sulfonamides is 1. The Morgan fingerprint density at radius 1 is 1.21 bits per heavy atom. The molecule has 0 aromatic carbocycles. The van der Waals surface area contributed by atoms with Crippen molar-refractivity contribution >= 4 is 10.0 Å². The highest BCUT2D eigenvalue weighted by Gasteiger charge is 2.26. The van der Waals surface area contributed by atoms with E-state index in [1.807, 2.05) is 0 Å². The van der Waals surface area contributed by atoms with Gasteiger partial charge in [-0.1, -0.05) is 19.3 Å². The summed E-state index contributed by atoms with van der Waals surface area (Å²) in [7, 11) is -1.58. The van der Waals surface area contributed by atoms with Gasteiger partial charge >= 0.3 is 0 Å². The molecule has 0 spiro atoms. The number of rotatable bonds is 9. The minimum absolute atomic E-state index is 0.293. The zero-order chi connectivity index (χ0) is 14.1. The van der Waals surface area contributed by atoms with Gasteiger partial charge in [0.05, 0.1) is 12.4 Å². The van der Waals surface area contributed by atoms with E-state index in [1.54, 1.807) is 11.4 Å². The van der Waals surface area contributed by atoms with Gasteiger partial charge in [-0.25, -0.2) is 8.42 Å². The van der Waals surface area contributed by atoms with Gasteiger partial charge < -0.3 is 10.5 Å². The molecule has 0 heterocycles. The quantitative estimate of drug-likeness (QED) is 0.693. The first-order valence-electron chi connectivity index (χ1n) is 7.27. The minimum atomic E-state index is -3.17. The lowest BCUT2D eigenvalue weighted by Crippen LogP contribution is -2.39. The van der Waals surface area contributed by atoms with Crippen molar-refractivity contribution < 1.29 is 13.2 Å². The Hall–Kier alpha value is -0.170. The molecule has 0 unspecified atom stereocenters. The normalized spacial score (nSPS) is 18.1. The van der Waals surface area contributed by atoms with Gasteiger partial charge in [0.15, 0.2) is 0 Å². The van der Waals surface area contributed by atoms with E-state index in [1.165, 1.54) is 19.3 Å². The summed E-state index contributed by atoms with van der Waals surface area (Å²) in [6.45, 7) is 1.90. The van der Waals surface area contributed by atoms with E-state index in [2.05, 4.69) is 0 Å². The second-order valence-electron chi connectivity index (χ2n) is 5.32. The number of ether oxygens (including phenoxy) is 1. The average Bonchev–Trinajstić information content (AvgIpc) is 2.39. The van der Waals surface area contributed by atoms with Crippen molar-refractivity contribution in [3.63, 3.8) is 0 Å². The van der Waals surface area contributed by atoms with Gasteiger partial charge in [-0.05, 0) is 31.7 Å². The largest absolute Gasteiger partial charge is 0.383 e. The van der Waals surface area contributed by atoms with E-state index in [9.17, 15) is 8.42 Å². The van der Waals surface area contributed by atoms with Gasteiger partial charge in [0.25, 0.3) is 0 Å². The van der Waals surface area contributed by atoms with Gasteiger partial charge in [0.1, 0.15) is 0 Å². The molecule has 1 saturated carbocycles. The fourth-order valence-electron chi connectivity index (χ4n) is 2.61. The van der Waals surface area contributed by atoms with Crippen LogP contribution in [0.5, 0.6) is 0 Å². The predicted octanol–water partition coefficient (Wildman–Crippen LogP) is 1.19. The summed E-state index contributed by atoms with van der Waals surface area (Å²) in [5.74, 6) is 0.628. The monoisotopic (exact) mass is 292 g/mol. The fourth-order valence-corrected chi connectivity index (χ4v) is 4.51. The molecule has 0 aliphatic heterocycles. The third-order valence-corrected chi connectivity index (χ3v) is 5.77. The summed E-state index contributed by atoms with van der Waals surface area (Å²) in [4.78, 5) is 0. The molecule has 0 aromatic rings. The third kappa shape index (κ3) is 6.21. The van der Waals surface area contributed by atoms with Gasteiger partial charge in [-0.3, -0.25) is 0 Å². The summed E-state index contributed by atoms with van der Waals surface area (Å²) < 4.78 is 31.4. The summed E-state index contributed by atoms with van der Waals surface area (Å²) >= 11 is 0. The van der Waals surface area contributed by atoms with E-state index >= 15 is 0 Å². The molecule has 0 aromatic heterocycles. The Morgan fingerprint density at radius 3 is 2.47 bits per heavy atom. The van der Waals surface area contributed by atoms with Crippen molar-refractivity contribution in [1.82, 2.24) is 4.31 Å². The second kappa shape index (κ2) is 8.89. The molecule has 0 atom stereocenters. The molecule has 1 aliphatic rings. The Balaban J connectivity index is 2.56. The van der Waals surface area contributed by atoms with E-state index < -0.39 is 10.0 Å². The van der Waals surface area contributed by atoms with Crippen molar-refractivity contribution in [3.8, 4) is 0 Å². The van der Waals surface area contributed by atoms with Crippen molar-refractivity contribution in [1.29, 1.82) is 0 Å². The molecular formula is C13H28N2O3S. The van der Waals surface area contributed by atoms with Gasteiger partial charge in [-0.15, -0.1) is 0 Å². The molecule has 6 heteroatoms. The summed E-state index contributed by atoms with van der Waals surface area (Å²) in [6, 6.07) is 0. The van der Waals surface area contributed by atoms with Crippen LogP contribution >= 0.6 is 0 Å². The maximum absolute atomic E-state index is 12.4. The minimum Gasteiger partial charge on any atom is -0.383 e. The Morgan fingerprint density at radius 2 is 1.89 bits per heavy atom. The summed E-state index contributed by atoms with van der Waals surface area (Å²) in [6.07, 6.45) is 6.38. The number of methoxy groups -OCH3 is 1. The first-order chi connectivity index (χ1) is 9.10. The zero-order valence-corrected chi connectivity index (χ0v) is 12.8. The smallest absolute Gasteiger partial charge is 0.214 e. The Labute approximate surface area is 117 Å². The van der Waals surface area contributed by atoms with Crippen LogP contribution in [0, 0.1) is 5.92 Å². The van der Waals surface area contributed by atoms with Crippen LogP contribution in [0.3, 0.4) is 0 Å². The average molecular weight is 292 g/mol. The molecule has 0 amide bonds.